The molecule has 1 aliphatic rings. The highest BCUT2D eigenvalue weighted by atomic mass is 32.1. The fraction of sp³-hybridized carbons (Fsp3) is 0.200. The summed E-state index contributed by atoms with van der Waals surface area (Å²) in [6.07, 6.45) is 0.686. The molecule has 0 bridgehead atoms. The topological polar surface area (TPSA) is 45.2 Å². The van der Waals surface area contributed by atoms with Crippen molar-refractivity contribution in [3.8, 4) is 11.3 Å². The van der Waals surface area contributed by atoms with Gasteiger partial charge in [-0.1, -0.05) is 12.1 Å². The van der Waals surface area contributed by atoms with Gasteiger partial charge in [0.2, 0.25) is 5.91 Å². The van der Waals surface area contributed by atoms with Gasteiger partial charge in [-0.2, -0.15) is 0 Å². The smallest absolute Gasteiger partial charge is 0.245 e. The first-order valence-corrected chi connectivity index (χ1v) is 9.48. The second-order valence-corrected chi connectivity index (χ2v) is 7.27. The summed E-state index contributed by atoms with van der Waals surface area (Å²) in [6, 6.07) is 12.0. The third-order valence-corrected chi connectivity index (χ3v) is 5.30. The highest BCUT2D eigenvalue weighted by Crippen LogP contribution is 2.27. The predicted octanol–water partition coefficient (Wildman–Crippen LogP) is 4.30. The van der Waals surface area contributed by atoms with Crippen molar-refractivity contribution in [1.82, 2.24) is 9.88 Å². The monoisotopic (exact) mass is 385 g/mol. The van der Waals surface area contributed by atoms with Gasteiger partial charge in [0.05, 0.1) is 5.69 Å². The number of carbonyl (C=O) groups is 1. The summed E-state index contributed by atoms with van der Waals surface area (Å²) < 4.78 is 26.1. The number of hydrogen-bond acceptors (Lipinski definition) is 4. The van der Waals surface area contributed by atoms with Gasteiger partial charge in [-0.25, -0.2) is 13.8 Å². The van der Waals surface area contributed by atoms with Crippen LogP contribution in [0.1, 0.15) is 12.0 Å². The van der Waals surface area contributed by atoms with Crippen LogP contribution in [0.25, 0.3) is 11.3 Å². The number of thiazole rings is 1. The molecular formula is C20H17F2N3OS. The Labute approximate surface area is 159 Å². The molecule has 4 rings (SSSR count). The zero-order valence-corrected chi connectivity index (χ0v) is 15.2. The third-order valence-electron chi connectivity index (χ3n) is 4.53. The van der Waals surface area contributed by atoms with Gasteiger partial charge in [0, 0.05) is 24.0 Å². The van der Waals surface area contributed by atoms with Crippen LogP contribution < -0.4 is 5.32 Å². The molecule has 1 fully saturated rings. The molecular weight excluding hydrogens is 368 g/mol. The van der Waals surface area contributed by atoms with Gasteiger partial charge in [-0.3, -0.25) is 4.79 Å². The lowest BCUT2D eigenvalue weighted by atomic mass is 10.2. The van der Waals surface area contributed by atoms with Crippen molar-refractivity contribution in [2.24, 2.45) is 0 Å². The summed E-state index contributed by atoms with van der Waals surface area (Å²) in [5.74, 6) is -0.560. The summed E-state index contributed by atoms with van der Waals surface area (Å²) in [5.41, 5.74) is 2.48. The van der Waals surface area contributed by atoms with Gasteiger partial charge in [-0.05, 0) is 48.4 Å². The summed E-state index contributed by atoms with van der Waals surface area (Å²) in [6.45, 7) is 1.11. The van der Waals surface area contributed by atoms with E-state index in [0.717, 1.165) is 16.8 Å². The van der Waals surface area contributed by atoms with Crippen molar-refractivity contribution in [3.05, 3.63) is 71.1 Å². The largest absolute Gasteiger partial charge is 0.350 e. The maximum absolute atomic E-state index is 13.0. The van der Waals surface area contributed by atoms with Crippen molar-refractivity contribution >= 4 is 22.4 Å². The highest BCUT2D eigenvalue weighted by Gasteiger charge is 2.32. The van der Waals surface area contributed by atoms with E-state index >= 15 is 0 Å². The maximum atomic E-state index is 13.0. The molecule has 0 radical (unpaired) electrons. The number of nitrogens with one attached hydrogen (secondary N) is 1. The van der Waals surface area contributed by atoms with Crippen LogP contribution in [0.3, 0.4) is 0 Å². The van der Waals surface area contributed by atoms with Gasteiger partial charge < -0.3 is 10.2 Å². The van der Waals surface area contributed by atoms with Crippen molar-refractivity contribution in [2.45, 2.75) is 19.0 Å². The Balaban J connectivity index is 1.39. The molecule has 1 amide bonds. The van der Waals surface area contributed by atoms with E-state index in [4.69, 9.17) is 0 Å². The van der Waals surface area contributed by atoms with Crippen LogP contribution in [0.5, 0.6) is 0 Å². The number of halogens is 2. The minimum absolute atomic E-state index is 0.0119. The number of likely N-dealkylation sites (tertiary alicyclic amines) is 1. The average molecular weight is 385 g/mol. The van der Waals surface area contributed by atoms with Crippen LogP contribution in [0, 0.1) is 11.6 Å². The van der Waals surface area contributed by atoms with Crippen LogP contribution in [-0.4, -0.2) is 28.4 Å². The molecule has 3 aromatic rings. The average Bonchev–Trinajstić information content (AvgIpc) is 3.27. The Morgan fingerprint density at radius 3 is 2.44 bits per heavy atom. The lowest BCUT2D eigenvalue weighted by molar-refractivity contribution is -0.128. The molecule has 4 nitrogen and oxygen atoms in total. The Morgan fingerprint density at radius 2 is 1.74 bits per heavy atom. The van der Waals surface area contributed by atoms with E-state index in [1.807, 2.05) is 5.38 Å². The number of benzene rings is 2. The Kier molecular flexibility index (Phi) is 4.85. The number of hydrogen-bond donors (Lipinski definition) is 1. The van der Waals surface area contributed by atoms with Gasteiger partial charge in [0.25, 0.3) is 0 Å². The van der Waals surface area contributed by atoms with E-state index in [9.17, 15) is 13.6 Å². The summed E-state index contributed by atoms with van der Waals surface area (Å²) >= 11 is 1.42. The van der Waals surface area contributed by atoms with Crippen molar-refractivity contribution < 1.29 is 13.6 Å². The fourth-order valence-corrected chi connectivity index (χ4v) is 3.86. The Bertz CT molecular complexity index is 941. The predicted molar refractivity (Wildman–Crippen MR) is 101 cm³/mol. The minimum Gasteiger partial charge on any atom is -0.350 e. The van der Waals surface area contributed by atoms with E-state index in [1.54, 1.807) is 29.2 Å². The van der Waals surface area contributed by atoms with Crippen LogP contribution in [0.2, 0.25) is 0 Å². The molecule has 7 heteroatoms. The zero-order chi connectivity index (χ0) is 18.8. The number of carbonyl (C=O) groups excluding carboxylic acids is 1. The maximum Gasteiger partial charge on any atom is 0.245 e. The summed E-state index contributed by atoms with van der Waals surface area (Å²) in [4.78, 5) is 18.9. The third kappa shape index (κ3) is 3.98. The summed E-state index contributed by atoms with van der Waals surface area (Å²) in [5, 5.41) is 5.74. The zero-order valence-electron chi connectivity index (χ0n) is 14.4. The van der Waals surface area contributed by atoms with Gasteiger partial charge in [-0.15, -0.1) is 11.3 Å². The van der Waals surface area contributed by atoms with Crippen LogP contribution >= 0.6 is 11.3 Å². The number of aromatic nitrogens is 1. The Morgan fingerprint density at radius 1 is 1.07 bits per heavy atom. The number of amides is 1. The molecule has 1 saturated heterocycles. The van der Waals surface area contributed by atoms with E-state index in [2.05, 4.69) is 10.3 Å². The first-order chi connectivity index (χ1) is 13.1. The van der Waals surface area contributed by atoms with E-state index in [0.29, 0.717) is 24.6 Å². The lowest BCUT2D eigenvalue weighted by Gasteiger charge is -2.17. The molecule has 0 saturated carbocycles. The van der Waals surface area contributed by atoms with Crippen LogP contribution in [-0.2, 0) is 11.3 Å². The van der Waals surface area contributed by atoms with Crippen molar-refractivity contribution in [1.29, 1.82) is 0 Å². The molecule has 1 aromatic heterocycles. The van der Waals surface area contributed by atoms with Crippen molar-refractivity contribution in [3.63, 3.8) is 0 Å². The minimum atomic E-state index is -0.322. The second-order valence-electron chi connectivity index (χ2n) is 6.42. The van der Waals surface area contributed by atoms with E-state index in [1.165, 1.54) is 35.6 Å². The first-order valence-electron chi connectivity index (χ1n) is 8.60. The van der Waals surface area contributed by atoms with E-state index < -0.39 is 0 Å². The number of nitrogens with zero attached hydrogens (tertiary/aromatic N) is 2. The molecule has 27 heavy (non-hydrogen) atoms. The molecule has 1 atom stereocenters. The van der Waals surface area contributed by atoms with Crippen LogP contribution in [0.4, 0.5) is 13.9 Å². The highest BCUT2D eigenvalue weighted by molar-refractivity contribution is 7.14. The molecule has 2 heterocycles. The quantitative estimate of drug-likeness (QED) is 0.712. The van der Waals surface area contributed by atoms with Gasteiger partial charge >= 0.3 is 0 Å². The molecule has 1 aliphatic heterocycles. The van der Waals surface area contributed by atoms with Crippen LogP contribution in [0.15, 0.2) is 53.9 Å². The lowest BCUT2D eigenvalue weighted by Crippen LogP contribution is -2.33. The number of rotatable bonds is 5. The van der Waals surface area contributed by atoms with Gasteiger partial charge in [0.15, 0.2) is 5.13 Å². The number of anilines is 1. The molecule has 2 aromatic carbocycles. The SMILES string of the molecule is O=C1C(Nc2nc(-c3ccc(F)cc3)cs2)CCN1Cc1ccc(F)cc1. The molecule has 1 N–H and O–H groups in total. The first kappa shape index (κ1) is 17.6. The fourth-order valence-electron chi connectivity index (χ4n) is 3.08. The second kappa shape index (κ2) is 7.44. The van der Waals surface area contributed by atoms with Gasteiger partial charge in [0.1, 0.15) is 17.7 Å². The molecule has 138 valence electrons. The van der Waals surface area contributed by atoms with E-state index in [-0.39, 0.29) is 23.6 Å². The Hall–Kier alpha value is -2.80. The standard InChI is InChI=1S/C20H17F2N3OS/c21-15-5-1-13(2-6-15)11-25-10-9-17(19(25)26)23-20-24-18(12-27-20)14-3-7-16(22)8-4-14/h1-8,12,17H,9-11H2,(H,23,24). The normalized spacial score (nSPS) is 16.7. The molecule has 1 unspecified atom stereocenters. The summed E-state index contributed by atoms with van der Waals surface area (Å²) in [7, 11) is 0. The molecule has 0 aliphatic carbocycles. The molecule has 0 spiro atoms. The van der Waals surface area contributed by atoms with Crippen molar-refractivity contribution in [2.75, 3.05) is 11.9 Å².